The lowest BCUT2D eigenvalue weighted by Crippen LogP contribution is -2.12. The number of nitrogens with one attached hydrogen (secondary N) is 1. The molecule has 132 valence electrons. The zero-order chi connectivity index (χ0) is 18.2. The minimum atomic E-state index is 0.0470. The molecule has 0 saturated heterocycles. The third-order valence-electron chi connectivity index (χ3n) is 3.75. The van der Waals surface area contributed by atoms with Crippen LogP contribution in [0.2, 0.25) is 0 Å². The summed E-state index contributed by atoms with van der Waals surface area (Å²) in [6, 6.07) is 26.5. The SMILES string of the molecule is Cc1ccc(SCCC(=O)Nc2ccccc2Sc2ccccc2)cc1. The van der Waals surface area contributed by atoms with Crippen molar-refractivity contribution in [2.75, 3.05) is 11.1 Å². The molecule has 3 aromatic rings. The van der Waals surface area contributed by atoms with Crippen LogP contribution in [0.3, 0.4) is 0 Å². The van der Waals surface area contributed by atoms with Gasteiger partial charge in [0.05, 0.1) is 5.69 Å². The Labute approximate surface area is 163 Å². The molecule has 2 nitrogen and oxygen atoms in total. The van der Waals surface area contributed by atoms with E-state index in [-0.39, 0.29) is 5.91 Å². The van der Waals surface area contributed by atoms with Gasteiger partial charge in [-0.25, -0.2) is 0 Å². The Morgan fingerprint density at radius 1 is 0.846 bits per heavy atom. The lowest BCUT2D eigenvalue weighted by Gasteiger charge is -2.11. The van der Waals surface area contributed by atoms with E-state index >= 15 is 0 Å². The van der Waals surface area contributed by atoms with Gasteiger partial charge in [0.2, 0.25) is 5.91 Å². The Bertz CT molecular complexity index is 848. The maximum atomic E-state index is 12.3. The molecule has 0 aliphatic rings. The Kier molecular flexibility index (Phi) is 6.81. The third kappa shape index (κ3) is 5.68. The number of carbonyl (C=O) groups excluding carboxylic acids is 1. The number of hydrogen-bond acceptors (Lipinski definition) is 3. The standard InChI is InChI=1S/C22H21NOS2/c1-17-11-13-18(14-12-17)25-16-15-22(24)23-20-9-5-6-10-21(20)26-19-7-3-2-4-8-19/h2-14H,15-16H2,1H3,(H,23,24). The van der Waals surface area contributed by atoms with Crippen LogP contribution in [-0.2, 0) is 4.79 Å². The van der Waals surface area contributed by atoms with Crippen LogP contribution in [-0.4, -0.2) is 11.7 Å². The van der Waals surface area contributed by atoms with E-state index in [1.165, 1.54) is 10.5 Å². The van der Waals surface area contributed by atoms with Crippen molar-refractivity contribution in [3.05, 3.63) is 84.4 Å². The second kappa shape index (κ2) is 9.51. The Hall–Kier alpha value is -2.17. The monoisotopic (exact) mass is 379 g/mol. The lowest BCUT2D eigenvalue weighted by molar-refractivity contribution is -0.115. The lowest BCUT2D eigenvalue weighted by atomic mass is 10.2. The highest BCUT2D eigenvalue weighted by Crippen LogP contribution is 2.33. The van der Waals surface area contributed by atoms with E-state index in [0.29, 0.717) is 6.42 Å². The van der Waals surface area contributed by atoms with Gasteiger partial charge in [-0.15, -0.1) is 11.8 Å². The summed E-state index contributed by atoms with van der Waals surface area (Å²) in [5, 5.41) is 3.05. The van der Waals surface area contributed by atoms with Gasteiger partial charge in [0.15, 0.2) is 0 Å². The fourth-order valence-electron chi connectivity index (χ4n) is 2.38. The number of hydrogen-bond donors (Lipinski definition) is 1. The van der Waals surface area contributed by atoms with Gasteiger partial charge >= 0.3 is 0 Å². The summed E-state index contributed by atoms with van der Waals surface area (Å²) in [4.78, 5) is 15.7. The molecule has 0 radical (unpaired) electrons. The van der Waals surface area contributed by atoms with Gasteiger partial charge in [-0.1, -0.05) is 59.8 Å². The second-order valence-electron chi connectivity index (χ2n) is 5.87. The number of carbonyl (C=O) groups is 1. The van der Waals surface area contributed by atoms with Gasteiger partial charge < -0.3 is 5.32 Å². The first-order valence-corrected chi connectivity index (χ1v) is 10.3. The maximum Gasteiger partial charge on any atom is 0.225 e. The maximum absolute atomic E-state index is 12.3. The van der Waals surface area contributed by atoms with Gasteiger partial charge in [0.25, 0.3) is 0 Å². The van der Waals surface area contributed by atoms with Crippen molar-refractivity contribution >= 4 is 35.1 Å². The Morgan fingerprint density at radius 2 is 1.54 bits per heavy atom. The van der Waals surface area contributed by atoms with Crippen LogP contribution in [0.15, 0.2) is 93.5 Å². The van der Waals surface area contributed by atoms with E-state index < -0.39 is 0 Å². The van der Waals surface area contributed by atoms with Gasteiger partial charge in [-0.05, 0) is 43.3 Å². The second-order valence-corrected chi connectivity index (χ2v) is 8.15. The van der Waals surface area contributed by atoms with Crippen molar-refractivity contribution in [3.8, 4) is 0 Å². The zero-order valence-electron chi connectivity index (χ0n) is 14.6. The highest BCUT2D eigenvalue weighted by molar-refractivity contribution is 7.99. The molecule has 1 N–H and O–H groups in total. The average Bonchev–Trinajstić information content (AvgIpc) is 2.66. The molecule has 0 aromatic heterocycles. The fourth-order valence-corrected chi connectivity index (χ4v) is 4.16. The predicted molar refractivity (Wildman–Crippen MR) is 112 cm³/mol. The van der Waals surface area contributed by atoms with E-state index in [1.807, 2.05) is 42.5 Å². The first-order valence-electron chi connectivity index (χ1n) is 8.52. The van der Waals surface area contributed by atoms with Crippen LogP contribution in [0, 0.1) is 6.92 Å². The highest BCUT2D eigenvalue weighted by atomic mass is 32.2. The largest absolute Gasteiger partial charge is 0.325 e. The number of benzene rings is 3. The Morgan fingerprint density at radius 3 is 2.31 bits per heavy atom. The van der Waals surface area contributed by atoms with Gasteiger partial charge in [-0.2, -0.15) is 0 Å². The summed E-state index contributed by atoms with van der Waals surface area (Å²) in [6.07, 6.45) is 0.489. The van der Waals surface area contributed by atoms with Gasteiger partial charge in [-0.3, -0.25) is 4.79 Å². The first-order chi connectivity index (χ1) is 12.7. The first kappa shape index (κ1) is 18.6. The molecular formula is C22H21NOS2. The predicted octanol–water partition coefficient (Wildman–Crippen LogP) is 6.27. The van der Waals surface area contributed by atoms with Gasteiger partial charge in [0.1, 0.15) is 0 Å². The molecule has 0 fully saturated rings. The van der Waals surface area contributed by atoms with E-state index in [4.69, 9.17) is 0 Å². The molecule has 0 unspecified atom stereocenters. The molecule has 0 atom stereocenters. The average molecular weight is 380 g/mol. The molecule has 3 rings (SSSR count). The summed E-state index contributed by atoms with van der Waals surface area (Å²) in [6.45, 7) is 2.08. The molecule has 26 heavy (non-hydrogen) atoms. The van der Waals surface area contributed by atoms with Gasteiger partial charge in [0, 0.05) is 26.9 Å². The van der Waals surface area contributed by atoms with E-state index in [2.05, 4.69) is 48.6 Å². The molecule has 0 bridgehead atoms. The minimum absolute atomic E-state index is 0.0470. The molecule has 4 heteroatoms. The molecule has 1 amide bonds. The number of anilines is 1. The fraction of sp³-hybridized carbons (Fsp3) is 0.136. The molecular weight excluding hydrogens is 358 g/mol. The van der Waals surface area contributed by atoms with Crippen molar-refractivity contribution in [2.24, 2.45) is 0 Å². The van der Waals surface area contributed by atoms with Crippen molar-refractivity contribution in [3.63, 3.8) is 0 Å². The van der Waals surface area contributed by atoms with Crippen molar-refractivity contribution in [1.82, 2.24) is 0 Å². The molecule has 0 saturated carbocycles. The van der Waals surface area contributed by atoms with Crippen LogP contribution in [0.1, 0.15) is 12.0 Å². The molecule has 0 aliphatic heterocycles. The Balaban J connectivity index is 1.55. The normalized spacial score (nSPS) is 10.5. The quantitative estimate of drug-likeness (QED) is 0.491. The molecule has 0 heterocycles. The summed E-state index contributed by atoms with van der Waals surface area (Å²) < 4.78 is 0. The van der Waals surface area contributed by atoms with Crippen LogP contribution in [0.5, 0.6) is 0 Å². The summed E-state index contributed by atoms with van der Waals surface area (Å²) in [5.74, 6) is 0.814. The molecule has 0 spiro atoms. The third-order valence-corrected chi connectivity index (χ3v) is 5.85. The van der Waals surface area contributed by atoms with Crippen LogP contribution in [0.4, 0.5) is 5.69 Å². The van der Waals surface area contributed by atoms with E-state index in [0.717, 1.165) is 21.2 Å². The summed E-state index contributed by atoms with van der Waals surface area (Å²) in [5.41, 5.74) is 2.12. The number of thioether (sulfide) groups is 1. The highest BCUT2D eigenvalue weighted by Gasteiger charge is 2.08. The smallest absolute Gasteiger partial charge is 0.225 e. The van der Waals surface area contributed by atoms with Crippen molar-refractivity contribution in [2.45, 2.75) is 28.0 Å². The number of amides is 1. The number of aryl methyl sites for hydroxylation is 1. The van der Waals surface area contributed by atoms with Crippen LogP contribution in [0.25, 0.3) is 0 Å². The van der Waals surface area contributed by atoms with Crippen molar-refractivity contribution < 1.29 is 4.79 Å². The molecule has 0 aliphatic carbocycles. The summed E-state index contributed by atoms with van der Waals surface area (Å²) >= 11 is 3.37. The topological polar surface area (TPSA) is 29.1 Å². The zero-order valence-corrected chi connectivity index (χ0v) is 16.3. The molecule has 3 aromatic carbocycles. The minimum Gasteiger partial charge on any atom is -0.325 e. The van der Waals surface area contributed by atoms with E-state index in [9.17, 15) is 4.79 Å². The van der Waals surface area contributed by atoms with Crippen LogP contribution >= 0.6 is 23.5 Å². The number of rotatable bonds is 7. The number of para-hydroxylation sites is 1. The van der Waals surface area contributed by atoms with E-state index in [1.54, 1.807) is 23.5 Å². The van der Waals surface area contributed by atoms with Crippen LogP contribution < -0.4 is 5.32 Å². The van der Waals surface area contributed by atoms with Crippen molar-refractivity contribution in [1.29, 1.82) is 0 Å². The summed E-state index contributed by atoms with van der Waals surface area (Å²) in [7, 11) is 0.